The topological polar surface area (TPSA) is 104 Å². The van der Waals surface area contributed by atoms with Crippen molar-refractivity contribution < 1.29 is 18.6 Å². The third-order valence-corrected chi connectivity index (χ3v) is 6.86. The van der Waals surface area contributed by atoms with Gasteiger partial charge in [-0.05, 0) is 49.3 Å². The molecular formula is C20H36N2O4S. The number of aliphatic hydroxyl groups excluding tert-OH is 2. The molecule has 0 aliphatic carbocycles. The molecule has 0 saturated heterocycles. The van der Waals surface area contributed by atoms with Crippen molar-refractivity contribution in [2.75, 3.05) is 13.2 Å². The number of aliphatic hydroxyl groups is 2. The zero-order chi connectivity index (χ0) is 20.4. The Hall–Kier alpha value is -0.990. The van der Waals surface area contributed by atoms with Gasteiger partial charge in [-0.25, -0.2) is 8.42 Å². The highest BCUT2D eigenvalue weighted by Crippen LogP contribution is 2.23. The van der Waals surface area contributed by atoms with Crippen molar-refractivity contribution in [3.8, 4) is 0 Å². The first kappa shape index (κ1) is 24.0. The fraction of sp³-hybridized carbons (Fsp3) is 0.700. The maximum absolute atomic E-state index is 13.2. The molecule has 0 fully saturated rings. The van der Waals surface area contributed by atoms with Crippen molar-refractivity contribution in [2.24, 2.45) is 11.7 Å². The van der Waals surface area contributed by atoms with Gasteiger partial charge >= 0.3 is 0 Å². The molecule has 0 amide bonds. The molecule has 27 heavy (non-hydrogen) atoms. The average molecular weight is 401 g/mol. The van der Waals surface area contributed by atoms with Crippen LogP contribution in [0.3, 0.4) is 0 Å². The smallest absolute Gasteiger partial charge is 0.243 e. The number of nitrogens with zero attached hydrogens (tertiary/aromatic N) is 1. The summed E-state index contributed by atoms with van der Waals surface area (Å²) in [6, 6.07) is 5.91. The van der Waals surface area contributed by atoms with Crippen LogP contribution in [0, 0.1) is 5.92 Å². The van der Waals surface area contributed by atoms with Gasteiger partial charge in [0.25, 0.3) is 0 Å². The molecule has 2 atom stereocenters. The van der Waals surface area contributed by atoms with Gasteiger partial charge in [0, 0.05) is 18.6 Å². The Morgan fingerprint density at radius 3 is 2.19 bits per heavy atom. The lowest BCUT2D eigenvalue weighted by Gasteiger charge is -2.30. The second-order valence-corrected chi connectivity index (χ2v) is 9.43. The molecule has 156 valence electrons. The van der Waals surface area contributed by atoms with Crippen LogP contribution in [-0.2, 0) is 16.6 Å². The van der Waals surface area contributed by atoms with Gasteiger partial charge in [0.15, 0.2) is 0 Å². The Morgan fingerprint density at radius 1 is 1.07 bits per heavy atom. The van der Waals surface area contributed by atoms with Crippen molar-refractivity contribution in [2.45, 2.75) is 76.5 Å². The van der Waals surface area contributed by atoms with E-state index < -0.39 is 16.1 Å². The lowest BCUT2D eigenvalue weighted by Crippen LogP contribution is -2.43. The molecule has 1 rings (SSSR count). The molecule has 0 radical (unpaired) electrons. The van der Waals surface area contributed by atoms with Crippen LogP contribution in [0.25, 0.3) is 0 Å². The first-order valence-corrected chi connectivity index (χ1v) is 11.3. The molecule has 1 aromatic rings. The van der Waals surface area contributed by atoms with Crippen molar-refractivity contribution in [3.63, 3.8) is 0 Å². The standard InChI is InChI=1S/C20H36N2O4S/c1-4-18(21)6-5-7-19(15-24)22(13-12-16(2)3)27(25,26)20-10-8-17(14-23)9-11-20/h8-11,16,18-19,23-24H,4-7,12-15,21H2,1-3H3. The first-order chi connectivity index (χ1) is 12.8. The van der Waals surface area contributed by atoms with Gasteiger partial charge in [0.2, 0.25) is 10.0 Å². The number of sulfonamides is 1. The van der Waals surface area contributed by atoms with E-state index in [4.69, 9.17) is 5.73 Å². The van der Waals surface area contributed by atoms with Gasteiger partial charge in [-0.2, -0.15) is 4.31 Å². The Bertz CT molecular complexity index is 632. The zero-order valence-electron chi connectivity index (χ0n) is 16.8. The molecule has 4 N–H and O–H groups in total. The largest absolute Gasteiger partial charge is 0.395 e. The molecule has 1 aromatic carbocycles. The quantitative estimate of drug-likeness (QED) is 0.472. The van der Waals surface area contributed by atoms with Crippen molar-refractivity contribution in [1.82, 2.24) is 4.31 Å². The summed E-state index contributed by atoms with van der Waals surface area (Å²) in [5.41, 5.74) is 6.63. The van der Waals surface area contributed by atoms with E-state index in [1.165, 1.54) is 16.4 Å². The van der Waals surface area contributed by atoms with E-state index in [9.17, 15) is 18.6 Å². The molecule has 6 nitrogen and oxygen atoms in total. The summed E-state index contributed by atoms with van der Waals surface area (Å²) in [7, 11) is -3.73. The predicted molar refractivity (Wildman–Crippen MR) is 109 cm³/mol. The number of hydrogen-bond donors (Lipinski definition) is 3. The highest BCUT2D eigenvalue weighted by atomic mass is 32.2. The fourth-order valence-electron chi connectivity index (χ4n) is 2.93. The summed E-state index contributed by atoms with van der Waals surface area (Å²) in [5.74, 6) is 0.354. The van der Waals surface area contributed by atoms with Crippen LogP contribution in [0.15, 0.2) is 29.2 Å². The highest BCUT2D eigenvalue weighted by Gasteiger charge is 2.31. The molecule has 0 aromatic heterocycles. The number of nitrogens with two attached hydrogens (primary N) is 1. The van der Waals surface area contributed by atoms with Crippen molar-refractivity contribution in [1.29, 1.82) is 0 Å². The van der Waals surface area contributed by atoms with Gasteiger partial charge in [-0.1, -0.05) is 39.3 Å². The molecule has 0 aliphatic heterocycles. The van der Waals surface area contributed by atoms with E-state index in [-0.39, 0.29) is 24.2 Å². The van der Waals surface area contributed by atoms with E-state index in [0.717, 1.165) is 25.7 Å². The minimum atomic E-state index is -3.73. The van der Waals surface area contributed by atoms with Crippen LogP contribution in [0.4, 0.5) is 0 Å². The van der Waals surface area contributed by atoms with E-state index in [1.807, 2.05) is 6.92 Å². The van der Waals surface area contributed by atoms with E-state index >= 15 is 0 Å². The summed E-state index contributed by atoms with van der Waals surface area (Å²) >= 11 is 0. The van der Waals surface area contributed by atoms with Gasteiger partial charge in [0.05, 0.1) is 18.1 Å². The Morgan fingerprint density at radius 2 is 1.70 bits per heavy atom. The average Bonchev–Trinajstić information content (AvgIpc) is 2.66. The van der Waals surface area contributed by atoms with Gasteiger partial charge in [0.1, 0.15) is 0 Å². The lowest BCUT2D eigenvalue weighted by atomic mass is 10.0. The maximum atomic E-state index is 13.2. The zero-order valence-corrected chi connectivity index (χ0v) is 17.7. The Labute approximate surface area is 164 Å². The van der Waals surface area contributed by atoms with Gasteiger partial charge < -0.3 is 15.9 Å². The van der Waals surface area contributed by atoms with Crippen LogP contribution in [0.5, 0.6) is 0 Å². The van der Waals surface area contributed by atoms with Crippen LogP contribution >= 0.6 is 0 Å². The number of hydrogen-bond acceptors (Lipinski definition) is 5. The van der Waals surface area contributed by atoms with E-state index in [1.54, 1.807) is 12.1 Å². The van der Waals surface area contributed by atoms with E-state index in [2.05, 4.69) is 13.8 Å². The third-order valence-electron chi connectivity index (χ3n) is 4.89. The monoisotopic (exact) mass is 400 g/mol. The summed E-state index contributed by atoms with van der Waals surface area (Å²) in [6.07, 6.45) is 3.78. The predicted octanol–water partition coefficient (Wildman–Crippen LogP) is 2.48. The Kier molecular flexibility index (Phi) is 10.5. The fourth-order valence-corrected chi connectivity index (χ4v) is 4.59. The van der Waals surface area contributed by atoms with Crippen LogP contribution in [0.1, 0.15) is 58.4 Å². The molecular weight excluding hydrogens is 364 g/mol. The van der Waals surface area contributed by atoms with Crippen molar-refractivity contribution >= 4 is 10.0 Å². The molecule has 7 heteroatoms. The van der Waals surface area contributed by atoms with Gasteiger partial charge in [-0.15, -0.1) is 0 Å². The number of rotatable bonds is 13. The lowest BCUT2D eigenvalue weighted by molar-refractivity contribution is 0.171. The molecule has 2 unspecified atom stereocenters. The van der Waals surface area contributed by atoms with Crippen LogP contribution < -0.4 is 5.73 Å². The number of benzene rings is 1. The Balaban J connectivity index is 3.04. The second kappa shape index (κ2) is 11.8. The van der Waals surface area contributed by atoms with Gasteiger partial charge in [-0.3, -0.25) is 0 Å². The minimum absolute atomic E-state index is 0.107. The normalized spacial score (nSPS) is 14.7. The molecule has 0 spiro atoms. The summed E-state index contributed by atoms with van der Waals surface area (Å²) in [5, 5.41) is 19.1. The third kappa shape index (κ3) is 7.50. The molecule has 0 saturated carbocycles. The SMILES string of the molecule is CCC(N)CCCC(CO)N(CCC(C)C)S(=O)(=O)c1ccc(CO)cc1. The first-order valence-electron chi connectivity index (χ1n) is 9.84. The summed E-state index contributed by atoms with van der Waals surface area (Å²) in [4.78, 5) is 0.187. The highest BCUT2D eigenvalue weighted by molar-refractivity contribution is 7.89. The maximum Gasteiger partial charge on any atom is 0.243 e. The summed E-state index contributed by atoms with van der Waals surface area (Å²) < 4.78 is 27.9. The molecule has 0 aliphatic rings. The molecule has 0 bridgehead atoms. The van der Waals surface area contributed by atoms with E-state index in [0.29, 0.717) is 24.4 Å². The van der Waals surface area contributed by atoms with Crippen LogP contribution in [-0.4, -0.2) is 48.2 Å². The molecule has 0 heterocycles. The minimum Gasteiger partial charge on any atom is -0.395 e. The second-order valence-electron chi connectivity index (χ2n) is 7.54. The van der Waals surface area contributed by atoms with Crippen LogP contribution in [0.2, 0.25) is 0 Å². The van der Waals surface area contributed by atoms with Crippen molar-refractivity contribution in [3.05, 3.63) is 29.8 Å². The summed E-state index contributed by atoms with van der Waals surface area (Å²) in [6.45, 7) is 6.16.